The molecule has 0 spiro atoms. The van der Waals surface area contributed by atoms with Crippen molar-refractivity contribution in [2.75, 3.05) is 0 Å². The van der Waals surface area contributed by atoms with E-state index in [9.17, 15) is 4.79 Å². The molecule has 2 fully saturated rings. The first-order valence-electron chi connectivity index (χ1n) is 7.21. The smallest absolute Gasteiger partial charge is 0 e. The average molecular weight is 459 g/mol. The van der Waals surface area contributed by atoms with Crippen molar-refractivity contribution in [2.24, 2.45) is 23.7 Å². The molecule has 0 saturated heterocycles. The maximum atomic E-state index is 10.6. The molecule has 0 aromatic rings. The normalized spacial score (nSPS) is 38.2. The fourth-order valence-electron chi connectivity index (χ4n) is 3.78. The van der Waals surface area contributed by atoms with E-state index < -0.39 is 0 Å². The molecule has 2 saturated carbocycles. The van der Waals surface area contributed by atoms with E-state index in [4.69, 9.17) is 0 Å². The monoisotopic (exact) mass is 459 g/mol. The van der Waals surface area contributed by atoms with Crippen LogP contribution in [-0.4, -0.2) is 6.29 Å². The van der Waals surface area contributed by atoms with Crippen molar-refractivity contribution in [1.82, 2.24) is 0 Å². The van der Waals surface area contributed by atoms with Gasteiger partial charge >= 0.3 is 0 Å². The molecule has 2 rings (SSSR count). The van der Waals surface area contributed by atoms with Crippen LogP contribution in [0.15, 0.2) is 0 Å². The van der Waals surface area contributed by atoms with E-state index in [2.05, 4.69) is 13.2 Å². The molecule has 0 atom stereocenters. The molecular formula is C15H25OU-. The second kappa shape index (κ2) is 8.01. The molecule has 0 N–H and O–H groups in total. The summed E-state index contributed by atoms with van der Waals surface area (Å²) in [5.74, 6) is 3.19. The Kier molecular flexibility index (Phi) is 7.43. The van der Waals surface area contributed by atoms with Gasteiger partial charge in [0, 0.05) is 31.1 Å². The fraction of sp³-hybridized carbons (Fsp3) is 0.933. The summed E-state index contributed by atoms with van der Waals surface area (Å²) in [5.41, 5.74) is 0. The first-order valence-corrected chi connectivity index (χ1v) is 7.21. The minimum Gasteiger partial charge on any atom is -0.542 e. The SMILES string of the molecule is CCC1CCC(C2CCC([C-]=O)CC2)CC1.[U]. The Balaban J connectivity index is 0.00000144. The molecule has 0 bridgehead atoms. The number of hydrogen-bond acceptors (Lipinski definition) is 1. The van der Waals surface area contributed by atoms with Crippen LogP contribution in [0.1, 0.15) is 64.7 Å². The number of hydrogen-bond donors (Lipinski definition) is 0. The van der Waals surface area contributed by atoms with Gasteiger partial charge in [0.1, 0.15) is 0 Å². The van der Waals surface area contributed by atoms with Crippen molar-refractivity contribution in [2.45, 2.75) is 64.7 Å². The van der Waals surface area contributed by atoms with Crippen LogP contribution in [0.3, 0.4) is 0 Å². The Morgan fingerprint density at radius 2 is 1.35 bits per heavy atom. The van der Waals surface area contributed by atoms with Crippen LogP contribution in [-0.2, 0) is 4.79 Å². The van der Waals surface area contributed by atoms with Gasteiger partial charge in [-0.05, 0) is 30.6 Å². The van der Waals surface area contributed by atoms with Gasteiger partial charge in [-0.25, -0.2) is 0 Å². The van der Waals surface area contributed by atoms with Crippen LogP contribution in [0.5, 0.6) is 0 Å². The molecule has 96 valence electrons. The van der Waals surface area contributed by atoms with Crippen LogP contribution < -0.4 is 0 Å². The van der Waals surface area contributed by atoms with Crippen LogP contribution in [0.25, 0.3) is 0 Å². The molecular weight excluding hydrogens is 434 g/mol. The van der Waals surface area contributed by atoms with E-state index >= 15 is 0 Å². The summed E-state index contributed by atoms with van der Waals surface area (Å²) in [5, 5.41) is 0. The predicted molar refractivity (Wildman–Crippen MR) is 66.9 cm³/mol. The summed E-state index contributed by atoms with van der Waals surface area (Å²) in [7, 11) is 0. The van der Waals surface area contributed by atoms with Crippen molar-refractivity contribution in [3.63, 3.8) is 0 Å². The third kappa shape index (κ3) is 4.39. The molecule has 17 heavy (non-hydrogen) atoms. The van der Waals surface area contributed by atoms with Crippen molar-refractivity contribution in [1.29, 1.82) is 0 Å². The molecule has 0 radical (unpaired) electrons. The van der Waals surface area contributed by atoms with E-state index in [1.165, 1.54) is 44.9 Å². The van der Waals surface area contributed by atoms with Crippen molar-refractivity contribution in [3.8, 4) is 0 Å². The van der Waals surface area contributed by atoms with Crippen LogP contribution in [0.2, 0.25) is 0 Å². The second-order valence-corrected chi connectivity index (χ2v) is 5.92. The van der Waals surface area contributed by atoms with Crippen LogP contribution >= 0.6 is 0 Å². The molecule has 0 aliphatic heterocycles. The standard InChI is InChI=1S/C15H25O.U/c1-2-12-3-7-14(8-4-12)15-9-5-13(11-16)6-10-15;/h12-15H,2-10H2,1H3;/q-1;. The van der Waals surface area contributed by atoms with Crippen LogP contribution in [0.4, 0.5) is 0 Å². The summed E-state index contributed by atoms with van der Waals surface area (Å²) in [6, 6.07) is 0. The fourth-order valence-corrected chi connectivity index (χ4v) is 3.78. The van der Waals surface area contributed by atoms with E-state index in [1.54, 1.807) is 0 Å². The Morgan fingerprint density at radius 3 is 1.76 bits per heavy atom. The minimum absolute atomic E-state index is 0. The zero-order valence-corrected chi connectivity index (χ0v) is 15.2. The van der Waals surface area contributed by atoms with Gasteiger partial charge < -0.3 is 4.79 Å². The van der Waals surface area contributed by atoms with E-state index in [-0.39, 0.29) is 37.0 Å². The molecule has 1 nitrogen and oxygen atoms in total. The summed E-state index contributed by atoms with van der Waals surface area (Å²) in [4.78, 5) is 10.6. The Hall–Kier alpha value is 0.722. The summed E-state index contributed by atoms with van der Waals surface area (Å²) in [6.45, 7) is 2.33. The molecule has 0 unspecified atom stereocenters. The van der Waals surface area contributed by atoms with Gasteiger partial charge in [-0.2, -0.15) is 0 Å². The van der Waals surface area contributed by atoms with Crippen molar-refractivity contribution in [3.05, 3.63) is 0 Å². The first kappa shape index (κ1) is 15.8. The Bertz CT molecular complexity index is 213. The zero-order chi connectivity index (χ0) is 11.4. The van der Waals surface area contributed by atoms with Gasteiger partial charge in [-0.1, -0.05) is 51.9 Å². The summed E-state index contributed by atoms with van der Waals surface area (Å²) >= 11 is 0. The van der Waals surface area contributed by atoms with Gasteiger partial charge in [-0.3, -0.25) is 6.29 Å². The van der Waals surface area contributed by atoms with E-state index in [0.717, 1.165) is 30.6 Å². The number of rotatable bonds is 3. The van der Waals surface area contributed by atoms with Crippen LogP contribution in [0, 0.1) is 54.8 Å². The molecule has 0 amide bonds. The third-order valence-electron chi connectivity index (χ3n) is 5.07. The zero-order valence-electron chi connectivity index (χ0n) is 11.1. The van der Waals surface area contributed by atoms with Crippen molar-refractivity contribution >= 4 is 6.29 Å². The van der Waals surface area contributed by atoms with Gasteiger partial charge in [0.05, 0.1) is 0 Å². The van der Waals surface area contributed by atoms with Gasteiger partial charge in [0.15, 0.2) is 0 Å². The maximum Gasteiger partial charge on any atom is 0 e. The minimum atomic E-state index is 0. The predicted octanol–water partition coefficient (Wildman–Crippen LogP) is 4.12. The summed E-state index contributed by atoms with van der Waals surface area (Å²) < 4.78 is 0. The topological polar surface area (TPSA) is 17.1 Å². The molecule has 0 heterocycles. The third-order valence-corrected chi connectivity index (χ3v) is 5.07. The molecule has 2 aliphatic carbocycles. The Morgan fingerprint density at radius 1 is 0.882 bits per heavy atom. The Labute approximate surface area is 130 Å². The van der Waals surface area contributed by atoms with Gasteiger partial charge in [0.2, 0.25) is 0 Å². The van der Waals surface area contributed by atoms with Gasteiger partial charge in [0.25, 0.3) is 0 Å². The van der Waals surface area contributed by atoms with E-state index in [0.29, 0.717) is 0 Å². The van der Waals surface area contributed by atoms with E-state index in [1.807, 2.05) is 0 Å². The first-order chi connectivity index (χ1) is 7.83. The molecule has 0 aromatic carbocycles. The second-order valence-electron chi connectivity index (χ2n) is 5.92. The summed E-state index contributed by atoms with van der Waals surface area (Å²) in [6.07, 6.45) is 14.2. The molecule has 2 heteroatoms. The molecule has 0 aromatic heterocycles. The van der Waals surface area contributed by atoms with Gasteiger partial charge in [-0.15, -0.1) is 5.92 Å². The average Bonchev–Trinajstić information content (AvgIpc) is 2.39. The van der Waals surface area contributed by atoms with Crippen molar-refractivity contribution < 1.29 is 35.9 Å². The quantitative estimate of drug-likeness (QED) is 0.581. The maximum absolute atomic E-state index is 10.6. The largest absolute Gasteiger partial charge is 0.542 e. The molecule has 2 aliphatic rings. The number of carbonyl (C=O) groups excluding carboxylic acids is 1.